The summed E-state index contributed by atoms with van der Waals surface area (Å²) >= 11 is 2.04. The summed E-state index contributed by atoms with van der Waals surface area (Å²) in [7, 11) is 1.59. The van der Waals surface area contributed by atoms with Gasteiger partial charge < -0.3 is 14.9 Å². The number of amides is 1. The van der Waals surface area contributed by atoms with Crippen LogP contribution in [0.5, 0.6) is 0 Å². The van der Waals surface area contributed by atoms with Crippen molar-refractivity contribution in [2.45, 2.75) is 18.4 Å². The molecule has 0 bridgehead atoms. The van der Waals surface area contributed by atoms with Crippen LogP contribution in [0.15, 0.2) is 24.3 Å². The molecule has 2 saturated heterocycles. The average molecular weight is 382 g/mol. The van der Waals surface area contributed by atoms with Crippen LogP contribution < -0.4 is 0 Å². The van der Waals surface area contributed by atoms with Gasteiger partial charge in [0.15, 0.2) is 0 Å². The second-order valence-corrected chi connectivity index (χ2v) is 8.49. The Bertz CT molecular complexity index is 589. The van der Waals surface area contributed by atoms with Crippen LogP contribution in [-0.2, 0) is 0 Å². The van der Waals surface area contributed by atoms with E-state index in [1.807, 2.05) is 11.8 Å². The lowest BCUT2D eigenvalue weighted by Crippen LogP contribution is -2.61. The maximum atomic E-state index is 13.2. The van der Waals surface area contributed by atoms with Crippen molar-refractivity contribution in [2.75, 3.05) is 57.8 Å². The molecule has 26 heavy (non-hydrogen) atoms. The Morgan fingerprint density at radius 1 is 1.31 bits per heavy atom. The average Bonchev–Trinajstić information content (AvgIpc) is 2.60. The summed E-state index contributed by atoms with van der Waals surface area (Å²) in [6.45, 7) is 6.00. The molecule has 2 aliphatic rings. The van der Waals surface area contributed by atoms with Gasteiger partial charge in [0.05, 0.1) is 0 Å². The number of benzene rings is 1. The molecule has 3 rings (SSSR count). The van der Waals surface area contributed by atoms with Crippen LogP contribution >= 0.6 is 11.8 Å². The third-order valence-electron chi connectivity index (χ3n) is 5.46. The maximum Gasteiger partial charge on any atom is 0.407 e. The summed E-state index contributed by atoms with van der Waals surface area (Å²) in [5.74, 6) is 2.31. The number of rotatable bonds is 7. The summed E-state index contributed by atoms with van der Waals surface area (Å²) in [5.41, 5.74) is 1.00. The van der Waals surface area contributed by atoms with Crippen LogP contribution in [0.25, 0.3) is 0 Å². The number of carboxylic acid groups (broad SMARTS) is 1. The van der Waals surface area contributed by atoms with E-state index in [2.05, 4.69) is 9.80 Å². The van der Waals surface area contributed by atoms with E-state index in [-0.39, 0.29) is 11.7 Å². The van der Waals surface area contributed by atoms with E-state index in [9.17, 15) is 14.3 Å². The van der Waals surface area contributed by atoms with Crippen LogP contribution in [0, 0.1) is 5.82 Å². The second-order valence-electron chi connectivity index (χ2n) is 7.26. The first kappa shape index (κ1) is 19.5. The van der Waals surface area contributed by atoms with Crippen LogP contribution in [0.1, 0.15) is 17.9 Å². The van der Waals surface area contributed by atoms with Gasteiger partial charge in [-0.05, 0) is 30.7 Å². The number of hydrogen-bond donors (Lipinski definition) is 1. The van der Waals surface area contributed by atoms with Gasteiger partial charge in [-0.25, -0.2) is 9.18 Å². The van der Waals surface area contributed by atoms with Crippen molar-refractivity contribution in [2.24, 2.45) is 0 Å². The lowest BCUT2D eigenvalue weighted by atomic mass is 9.94. The minimum atomic E-state index is -0.927. The Hall–Kier alpha value is -1.31. The van der Waals surface area contributed by atoms with E-state index in [4.69, 9.17) is 0 Å². The van der Waals surface area contributed by atoms with Gasteiger partial charge in [-0.3, -0.25) is 4.90 Å². The molecule has 144 valence electrons. The third-order valence-corrected chi connectivity index (χ3v) is 6.40. The highest BCUT2D eigenvalue weighted by atomic mass is 32.2. The topological polar surface area (TPSA) is 47.0 Å². The molecule has 2 heterocycles. The summed E-state index contributed by atoms with van der Waals surface area (Å²) in [4.78, 5) is 17.6. The number of likely N-dealkylation sites (tertiary alicyclic amines) is 1. The van der Waals surface area contributed by atoms with Crippen LogP contribution in [0.4, 0.5) is 9.18 Å². The van der Waals surface area contributed by atoms with E-state index >= 15 is 0 Å². The highest BCUT2D eigenvalue weighted by Gasteiger charge is 2.32. The van der Waals surface area contributed by atoms with Crippen molar-refractivity contribution >= 4 is 17.9 Å². The second kappa shape index (κ2) is 9.06. The lowest BCUT2D eigenvalue weighted by molar-refractivity contribution is 0.0373. The Balaban J connectivity index is 1.51. The number of halogens is 1. The van der Waals surface area contributed by atoms with E-state index in [1.165, 1.54) is 41.6 Å². The number of nitrogens with zero attached hydrogens (tertiary/aromatic N) is 3. The van der Waals surface area contributed by atoms with Gasteiger partial charge in [0.25, 0.3) is 0 Å². The zero-order valence-corrected chi connectivity index (χ0v) is 16.1. The number of carbonyl (C=O) groups is 1. The first-order chi connectivity index (χ1) is 12.5. The van der Waals surface area contributed by atoms with Gasteiger partial charge >= 0.3 is 6.09 Å². The number of hydrogen-bond acceptors (Lipinski definition) is 4. The first-order valence-corrected chi connectivity index (χ1v) is 10.4. The van der Waals surface area contributed by atoms with Gasteiger partial charge in [0, 0.05) is 63.2 Å². The fourth-order valence-corrected chi connectivity index (χ4v) is 4.68. The van der Waals surface area contributed by atoms with Gasteiger partial charge in [0.2, 0.25) is 0 Å². The molecule has 1 atom stereocenters. The summed E-state index contributed by atoms with van der Waals surface area (Å²) < 4.78 is 13.2. The Morgan fingerprint density at radius 2 is 1.96 bits per heavy atom. The summed E-state index contributed by atoms with van der Waals surface area (Å²) in [6.07, 6.45) is -0.0460. The molecule has 1 aromatic carbocycles. The number of likely N-dealkylation sites (N-methyl/N-ethyl adjacent to an activating group) is 1. The minimum Gasteiger partial charge on any atom is -0.465 e. The van der Waals surface area contributed by atoms with Gasteiger partial charge in [-0.2, -0.15) is 11.8 Å². The van der Waals surface area contributed by atoms with Crippen LogP contribution in [0.3, 0.4) is 0 Å². The van der Waals surface area contributed by atoms with E-state index in [0.717, 1.165) is 31.6 Å². The molecule has 2 fully saturated rings. The monoisotopic (exact) mass is 381 g/mol. The van der Waals surface area contributed by atoms with Crippen molar-refractivity contribution in [3.63, 3.8) is 0 Å². The van der Waals surface area contributed by atoms with Crippen molar-refractivity contribution in [1.29, 1.82) is 0 Å². The molecule has 7 heteroatoms. The highest BCUT2D eigenvalue weighted by molar-refractivity contribution is 7.99. The predicted octanol–water partition coefficient (Wildman–Crippen LogP) is 2.64. The normalized spacial score (nSPS) is 20.5. The zero-order chi connectivity index (χ0) is 18.5. The van der Waals surface area contributed by atoms with Crippen LogP contribution in [-0.4, -0.2) is 89.8 Å². The van der Waals surface area contributed by atoms with Crippen molar-refractivity contribution < 1.29 is 14.3 Å². The molecule has 0 spiro atoms. The molecule has 1 unspecified atom stereocenters. The molecule has 0 radical (unpaired) electrons. The maximum absolute atomic E-state index is 13.2. The first-order valence-electron chi connectivity index (χ1n) is 9.26. The minimum absolute atomic E-state index is 0.0853. The molecule has 0 saturated carbocycles. The van der Waals surface area contributed by atoms with E-state index < -0.39 is 6.09 Å². The molecular formula is C19H28FN3O2S. The summed E-state index contributed by atoms with van der Waals surface area (Å²) in [6, 6.07) is 7.15. The SMILES string of the molecule is CN(CC(CCN1CC(N2CCSCC2)C1)c1ccc(F)cc1)C(=O)O. The van der Waals surface area contributed by atoms with Gasteiger partial charge in [-0.15, -0.1) is 0 Å². The van der Waals surface area contributed by atoms with Crippen molar-refractivity contribution in [3.8, 4) is 0 Å². The van der Waals surface area contributed by atoms with Crippen LogP contribution in [0.2, 0.25) is 0 Å². The third kappa shape index (κ3) is 5.11. The fourth-order valence-electron chi connectivity index (χ4n) is 3.74. The fraction of sp³-hybridized carbons (Fsp3) is 0.632. The van der Waals surface area contributed by atoms with Crippen molar-refractivity contribution in [1.82, 2.24) is 14.7 Å². The molecule has 1 amide bonds. The molecule has 2 aliphatic heterocycles. The quantitative estimate of drug-likeness (QED) is 0.787. The predicted molar refractivity (Wildman–Crippen MR) is 104 cm³/mol. The standard InChI is InChI=1S/C19H28FN3O2S/c1-21(19(24)25)12-16(15-2-4-17(20)5-3-15)6-7-22-13-18(14-22)23-8-10-26-11-9-23/h2-5,16,18H,6-14H2,1H3,(H,24,25). The largest absolute Gasteiger partial charge is 0.465 e. The molecule has 0 aromatic heterocycles. The Labute approximate surface area is 159 Å². The molecule has 5 nitrogen and oxygen atoms in total. The van der Waals surface area contributed by atoms with Gasteiger partial charge in [-0.1, -0.05) is 12.1 Å². The Morgan fingerprint density at radius 3 is 2.58 bits per heavy atom. The van der Waals surface area contributed by atoms with E-state index in [1.54, 1.807) is 19.2 Å². The van der Waals surface area contributed by atoms with Crippen molar-refractivity contribution in [3.05, 3.63) is 35.6 Å². The highest BCUT2D eigenvalue weighted by Crippen LogP contribution is 2.25. The lowest BCUT2D eigenvalue weighted by Gasteiger charge is -2.47. The smallest absolute Gasteiger partial charge is 0.407 e. The summed E-state index contributed by atoms with van der Waals surface area (Å²) in [5, 5.41) is 9.18. The molecular weight excluding hydrogens is 353 g/mol. The molecule has 0 aliphatic carbocycles. The Kier molecular flexibility index (Phi) is 6.78. The zero-order valence-electron chi connectivity index (χ0n) is 15.3. The molecule has 1 N–H and O–H groups in total. The van der Waals surface area contributed by atoms with E-state index in [0.29, 0.717) is 12.6 Å². The van der Waals surface area contributed by atoms with Gasteiger partial charge in [0.1, 0.15) is 5.82 Å². The number of thioether (sulfide) groups is 1. The molecule has 1 aromatic rings.